The van der Waals surface area contributed by atoms with E-state index >= 15 is 0 Å². The second-order valence-corrected chi connectivity index (χ2v) is 7.80. The second kappa shape index (κ2) is 8.49. The number of hydrogen-bond donors (Lipinski definition) is 0. The van der Waals surface area contributed by atoms with Gasteiger partial charge in [-0.2, -0.15) is 0 Å². The number of rotatable bonds is 6. The van der Waals surface area contributed by atoms with Crippen molar-refractivity contribution in [2.45, 2.75) is 19.6 Å². The molecule has 2 heterocycles. The van der Waals surface area contributed by atoms with Crippen LogP contribution < -0.4 is 5.63 Å². The molecule has 0 aliphatic carbocycles. The molecule has 1 aliphatic rings. The zero-order valence-electron chi connectivity index (χ0n) is 15.8. The highest BCUT2D eigenvalue weighted by atomic mass is 35.5. The lowest BCUT2D eigenvalue weighted by molar-refractivity contribution is -0.517. The van der Waals surface area contributed by atoms with Crippen LogP contribution in [0.5, 0.6) is 0 Å². The Balaban J connectivity index is 1.64. The van der Waals surface area contributed by atoms with Gasteiger partial charge in [0.1, 0.15) is 24.8 Å². The minimum absolute atomic E-state index is 0.240. The van der Waals surface area contributed by atoms with Gasteiger partial charge in [0.15, 0.2) is 6.21 Å². The average Bonchev–Trinajstić information content (AvgIpc) is 3.18. The second-order valence-electron chi connectivity index (χ2n) is 6.96. The Morgan fingerprint density at radius 2 is 2.07 bits per heavy atom. The molecule has 148 valence electrons. The molecular formula is C22H19Cl2N2O3+. The molecular weight excluding hydrogens is 411 g/mol. The van der Waals surface area contributed by atoms with E-state index in [1.165, 1.54) is 6.07 Å². The SMILES string of the molecule is Cc1ccc2c(COC(C[N+]3=CN=CC3)c3ccc(Cl)cc3Cl)cc(=O)oc2c1. The van der Waals surface area contributed by atoms with Gasteiger partial charge in [0.05, 0.1) is 6.61 Å². The van der Waals surface area contributed by atoms with E-state index < -0.39 is 5.63 Å². The number of hydrogen-bond acceptors (Lipinski definition) is 4. The minimum Gasteiger partial charge on any atom is -0.423 e. The van der Waals surface area contributed by atoms with Crippen LogP contribution in [0.1, 0.15) is 22.8 Å². The molecule has 1 unspecified atom stereocenters. The molecule has 1 aliphatic heterocycles. The van der Waals surface area contributed by atoms with Crippen LogP contribution in [-0.2, 0) is 11.3 Å². The molecule has 0 spiro atoms. The Hall–Kier alpha value is -2.47. The fourth-order valence-electron chi connectivity index (χ4n) is 3.33. The predicted octanol–water partition coefficient (Wildman–Crippen LogP) is 4.79. The van der Waals surface area contributed by atoms with E-state index in [0.29, 0.717) is 28.7 Å². The van der Waals surface area contributed by atoms with E-state index in [0.717, 1.165) is 22.1 Å². The van der Waals surface area contributed by atoms with Gasteiger partial charge in [0, 0.05) is 27.1 Å². The molecule has 3 aromatic rings. The summed E-state index contributed by atoms with van der Waals surface area (Å²) in [6.45, 7) is 3.47. The first kappa shape index (κ1) is 19.8. The number of nitrogens with zero attached hydrogens (tertiary/aromatic N) is 2. The molecule has 0 fully saturated rings. The summed E-state index contributed by atoms with van der Waals surface area (Å²) in [5.74, 6) is 0. The van der Waals surface area contributed by atoms with Crippen molar-refractivity contribution in [2.24, 2.45) is 4.99 Å². The summed E-state index contributed by atoms with van der Waals surface area (Å²) in [7, 11) is 0. The molecule has 5 nitrogen and oxygen atoms in total. The van der Waals surface area contributed by atoms with Crippen LogP contribution in [0.4, 0.5) is 0 Å². The summed E-state index contributed by atoms with van der Waals surface area (Å²) in [5.41, 5.74) is 2.78. The molecule has 1 aromatic heterocycles. The van der Waals surface area contributed by atoms with E-state index in [4.69, 9.17) is 32.4 Å². The highest BCUT2D eigenvalue weighted by Gasteiger charge is 2.22. The minimum atomic E-state index is -0.399. The first-order chi connectivity index (χ1) is 14.0. The summed E-state index contributed by atoms with van der Waals surface area (Å²) < 4.78 is 13.6. The monoisotopic (exact) mass is 429 g/mol. The van der Waals surface area contributed by atoms with Crippen molar-refractivity contribution in [2.75, 3.05) is 13.1 Å². The van der Waals surface area contributed by atoms with Crippen LogP contribution in [0, 0.1) is 6.92 Å². The molecule has 0 bridgehead atoms. The molecule has 0 saturated heterocycles. The summed E-state index contributed by atoms with van der Waals surface area (Å²) in [4.78, 5) is 16.2. The van der Waals surface area contributed by atoms with E-state index in [1.54, 1.807) is 18.5 Å². The number of ether oxygens (including phenoxy) is 1. The lowest BCUT2D eigenvalue weighted by Crippen LogP contribution is -2.22. The van der Waals surface area contributed by atoms with Gasteiger partial charge in [-0.25, -0.2) is 4.79 Å². The summed E-state index contributed by atoms with van der Waals surface area (Å²) in [6.07, 6.45) is 3.28. The first-order valence-corrected chi connectivity index (χ1v) is 9.94. The van der Waals surface area contributed by atoms with Crippen molar-refractivity contribution >= 4 is 46.7 Å². The Bertz CT molecular complexity index is 1180. The van der Waals surface area contributed by atoms with Gasteiger partial charge in [-0.05, 0) is 36.2 Å². The highest BCUT2D eigenvalue weighted by molar-refractivity contribution is 6.35. The number of fused-ring (bicyclic) bond motifs is 1. The fourth-order valence-corrected chi connectivity index (χ4v) is 3.86. The molecule has 1 atom stereocenters. The van der Waals surface area contributed by atoms with Gasteiger partial charge in [0.2, 0.25) is 0 Å². The Morgan fingerprint density at radius 3 is 2.83 bits per heavy atom. The van der Waals surface area contributed by atoms with Crippen molar-refractivity contribution in [3.63, 3.8) is 0 Å². The number of halogens is 2. The van der Waals surface area contributed by atoms with Gasteiger partial charge in [0.25, 0.3) is 6.34 Å². The maximum atomic E-state index is 12.0. The van der Waals surface area contributed by atoms with Crippen molar-refractivity contribution < 1.29 is 13.7 Å². The van der Waals surface area contributed by atoms with Gasteiger partial charge >= 0.3 is 5.63 Å². The molecule has 0 amide bonds. The average molecular weight is 430 g/mol. The van der Waals surface area contributed by atoms with Crippen molar-refractivity contribution in [3.8, 4) is 0 Å². The largest absolute Gasteiger partial charge is 0.423 e. The van der Waals surface area contributed by atoms with Crippen LogP contribution in [0.2, 0.25) is 10.0 Å². The Kier molecular flexibility index (Phi) is 5.81. The molecule has 0 N–H and O–H groups in total. The van der Waals surface area contributed by atoms with Crippen molar-refractivity contribution in [1.82, 2.24) is 0 Å². The fraction of sp³-hybridized carbons (Fsp3) is 0.227. The highest BCUT2D eigenvalue weighted by Crippen LogP contribution is 2.30. The summed E-state index contributed by atoms with van der Waals surface area (Å²) in [6, 6.07) is 12.6. The quantitative estimate of drug-likeness (QED) is 0.417. The lowest BCUT2D eigenvalue weighted by Gasteiger charge is -2.19. The van der Waals surface area contributed by atoms with E-state index in [1.807, 2.05) is 42.0 Å². The lowest BCUT2D eigenvalue weighted by atomic mass is 10.1. The van der Waals surface area contributed by atoms with Crippen molar-refractivity contribution in [3.05, 3.63) is 79.6 Å². The zero-order valence-corrected chi connectivity index (χ0v) is 17.3. The molecule has 4 rings (SSSR count). The van der Waals surface area contributed by atoms with Gasteiger partial charge in [-0.1, -0.05) is 46.4 Å². The third-order valence-corrected chi connectivity index (χ3v) is 5.35. The number of aryl methyl sites for hydroxylation is 1. The van der Waals surface area contributed by atoms with Crippen LogP contribution in [-0.4, -0.2) is 30.2 Å². The maximum Gasteiger partial charge on any atom is 0.336 e. The van der Waals surface area contributed by atoms with Crippen LogP contribution >= 0.6 is 23.2 Å². The van der Waals surface area contributed by atoms with Crippen LogP contribution in [0.15, 0.2) is 56.7 Å². The number of benzene rings is 2. The molecule has 29 heavy (non-hydrogen) atoms. The van der Waals surface area contributed by atoms with E-state index in [2.05, 4.69) is 4.99 Å². The first-order valence-electron chi connectivity index (χ1n) is 9.18. The summed E-state index contributed by atoms with van der Waals surface area (Å²) >= 11 is 12.5. The molecule has 7 heteroatoms. The molecule has 2 aromatic carbocycles. The Labute approximate surface area is 177 Å². The topological polar surface area (TPSA) is 54.8 Å². The van der Waals surface area contributed by atoms with E-state index in [9.17, 15) is 4.79 Å². The summed E-state index contributed by atoms with van der Waals surface area (Å²) in [5, 5.41) is 1.96. The Morgan fingerprint density at radius 1 is 1.21 bits per heavy atom. The maximum absolute atomic E-state index is 12.0. The normalized spacial score (nSPS) is 14.4. The third-order valence-electron chi connectivity index (χ3n) is 4.79. The third kappa shape index (κ3) is 4.58. The standard InChI is InChI=1S/C22H19Cl2N2O3/c1-14-2-4-17-15(9-22(27)29-20(17)8-14)12-28-21(11-26-7-6-25-13-26)18-5-3-16(23)10-19(18)24/h2-6,8-10,13,21H,7,11-12H2,1H3/q+1. The smallest absolute Gasteiger partial charge is 0.336 e. The van der Waals surface area contributed by atoms with E-state index in [-0.39, 0.29) is 12.7 Å². The van der Waals surface area contributed by atoms with Gasteiger partial charge in [-0.15, -0.1) is 0 Å². The number of aliphatic imine (C=N–C) groups is 1. The zero-order chi connectivity index (χ0) is 20.4. The van der Waals surface area contributed by atoms with Crippen molar-refractivity contribution in [1.29, 1.82) is 0 Å². The van der Waals surface area contributed by atoms with Gasteiger partial charge in [-0.3, -0.25) is 4.58 Å². The van der Waals surface area contributed by atoms with Crippen LogP contribution in [0.25, 0.3) is 11.0 Å². The molecule has 0 radical (unpaired) electrons. The molecule has 0 saturated carbocycles. The predicted molar refractivity (Wildman–Crippen MR) is 116 cm³/mol. The van der Waals surface area contributed by atoms with Crippen LogP contribution in [0.3, 0.4) is 0 Å². The van der Waals surface area contributed by atoms with Gasteiger partial charge < -0.3 is 9.15 Å².